The molecule has 0 atom stereocenters. The fraction of sp³-hybridized carbons (Fsp3) is 0.600. The average Bonchev–Trinajstić information content (AvgIpc) is 2.15. The molecule has 0 amide bonds. The molecule has 0 aromatic carbocycles. The van der Waals surface area contributed by atoms with E-state index in [0.29, 0.717) is 6.54 Å². The standard InChI is InChI=1S/C10H17NO/c1-2-12-10(8-11)9-6-4-3-5-7-9/h2H,1,3-8,11H2. The minimum Gasteiger partial charge on any atom is -0.469 e. The molecule has 0 saturated heterocycles. The van der Waals surface area contributed by atoms with Crippen molar-refractivity contribution in [2.75, 3.05) is 6.54 Å². The Kier molecular flexibility index (Phi) is 3.88. The van der Waals surface area contributed by atoms with E-state index in [1.54, 1.807) is 0 Å². The first kappa shape index (κ1) is 9.33. The summed E-state index contributed by atoms with van der Waals surface area (Å²) in [6, 6.07) is 0. The molecule has 0 aliphatic heterocycles. The van der Waals surface area contributed by atoms with Crippen LogP contribution in [-0.4, -0.2) is 6.54 Å². The van der Waals surface area contributed by atoms with E-state index in [-0.39, 0.29) is 0 Å². The maximum Gasteiger partial charge on any atom is 0.116 e. The molecule has 1 aliphatic rings. The highest BCUT2D eigenvalue weighted by Gasteiger charge is 2.10. The van der Waals surface area contributed by atoms with Crippen LogP contribution in [-0.2, 0) is 4.74 Å². The van der Waals surface area contributed by atoms with Gasteiger partial charge < -0.3 is 10.5 Å². The summed E-state index contributed by atoms with van der Waals surface area (Å²) < 4.78 is 5.25. The van der Waals surface area contributed by atoms with Crippen LogP contribution in [0.15, 0.2) is 24.2 Å². The Morgan fingerprint density at radius 1 is 1.42 bits per heavy atom. The van der Waals surface area contributed by atoms with E-state index in [4.69, 9.17) is 10.5 Å². The largest absolute Gasteiger partial charge is 0.469 e. The lowest BCUT2D eigenvalue weighted by molar-refractivity contribution is 0.332. The van der Waals surface area contributed by atoms with E-state index >= 15 is 0 Å². The summed E-state index contributed by atoms with van der Waals surface area (Å²) in [5, 5.41) is 0. The molecule has 1 rings (SSSR count). The first-order valence-electron chi connectivity index (χ1n) is 4.57. The zero-order valence-corrected chi connectivity index (χ0v) is 7.51. The van der Waals surface area contributed by atoms with Gasteiger partial charge in [0.2, 0.25) is 0 Å². The molecule has 0 aromatic rings. The molecule has 1 saturated carbocycles. The minimum atomic E-state index is 0.501. The van der Waals surface area contributed by atoms with Crippen LogP contribution < -0.4 is 5.73 Å². The molecule has 2 nitrogen and oxygen atoms in total. The molecular formula is C10H17NO. The minimum absolute atomic E-state index is 0.501. The van der Waals surface area contributed by atoms with E-state index in [1.165, 1.54) is 31.1 Å². The van der Waals surface area contributed by atoms with E-state index in [0.717, 1.165) is 18.6 Å². The maximum absolute atomic E-state index is 5.56. The second kappa shape index (κ2) is 4.99. The van der Waals surface area contributed by atoms with Gasteiger partial charge in [0.15, 0.2) is 0 Å². The molecule has 68 valence electrons. The lowest BCUT2D eigenvalue weighted by atomic mass is 9.94. The second-order valence-electron chi connectivity index (χ2n) is 3.08. The summed E-state index contributed by atoms with van der Waals surface area (Å²) in [5.41, 5.74) is 6.95. The van der Waals surface area contributed by atoms with Gasteiger partial charge in [-0.1, -0.05) is 13.0 Å². The van der Waals surface area contributed by atoms with Gasteiger partial charge in [-0.2, -0.15) is 0 Å². The zero-order chi connectivity index (χ0) is 8.81. The molecular weight excluding hydrogens is 150 g/mol. The molecule has 2 N–H and O–H groups in total. The van der Waals surface area contributed by atoms with Gasteiger partial charge in [-0.05, 0) is 31.3 Å². The predicted octanol–water partition coefficient (Wildman–Crippen LogP) is 2.32. The smallest absolute Gasteiger partial charge is 0.116 e. The van der Waals surface area contributed by atoms with Crippen molar-refractivity contribution in [2.24, 2.45) is 5.73 Å². The number of hydrogen-bond donors (Lipinski definition) is 1. The van der Waals surface area contributed by atoms with E-state index < -0.39 is 0 Å². The number of ether oxygens (including phenoxy) is 1. The van der Waals surface area contributed by atoms with Gasteiger partial charge in [0, 0.05) is 0 Å². The highest BCUT2D eigenvalue weighted by atomic mass is 16.5. The third-order valence-corrected chi connectivity index (χ3v) is 2.26. The van der Waals surface area contributed by atoms with Gasteiger partial charge in [0.1, 0.15) is 5.76 Å². The van der Waals surface area contributed by atoms with Crippen LogP contribution in [0.25, 0.3) is 0 Å². The molecule has 0 aromatic heterocycles. The first-order valence-corrected chi connectivity index (χ1v) is 4.57. The average molecular weight is 167 g/mol. The third-order valence-electron chi connectivity index (χ3n) is 2.26. The van der Waals surface area contributed by atoms with Gasteiger partial charge in [-0.15, -0.1) is 0 Å². The molecule has 0 unspecified atom stereocenters. The Hall–Kier alpha value is -0.760. The number of hydrogen-bond acceptors (Lipinski definition) is 2. The van der Waals surface area contributed by atoms with Gasteiger partial charge in [0.25, 0.3) is 0 Å². The summed E-state index contributed by atoms with van der Waals surface area (Å²) in [5.74, 6) is 0.935. The lowest BCUT2D eigenvalue weighted by Crippen LogP contribution is -2.09. The second-order valence-corrected chi connectivity index (χ2v) is 3.08. The van der Waals surface area contributed by atoms with E-state index in [9.17, 15) is 0 Å². The molecule has 1 aliphatic carbocycles. The first-order chi connectivity index (χ1) is 5.88. The normalized spacial score (nSPS) is 17.2. The van der Waals surface area contributed by atoms with Crippen molar-refractivity contribution in [3.8, 4) is 0 Å². The number of allylic oxidation sites excluding steroid dienone is 1. The zero-order valence-electron chi connectivity index (χ0n) is 7.51. The number of nitrogens with two attached hydrogens (primary N) is 1. The Balaban J connectivity index is 2.60. The lowest BCUT2D eigenvalue weighted by Gasteiger charge is -2.17. The van der Waals surface area contributed by atoms with Crippen molar-refractivity contribution in [2.45, 2.75) is 32.1 Å². The van der Waals surface area contributed by atoms with Crippen LogP contribution in [0.5, 0.6) is 0 Å². The highest BCUT2D eigenvalue weighted by Crippen LogP contribution is 2.25. The molecule has 2 heteroatoms. The van der Waals surface area contributed by atoms with Crippen LogP contribution in [0, 0.1) is 0 Å². The summed E-state index contributed by atoms with van der Waals surface area (Å²) >= 11 is 0. The molecule has 0 radical (unpaired) electrons. The van der Waals surface area contributed by atoms with Crippen molar-refractivity contribution >= 4 is 0 Å². The van der Waals surface area contributed by atoms with E-state index in [2.05, 4.69) is 6.58 Å². The molecule has 0 spiro atoms. The van der Waals surface area contributed by atoms with Crippen LogP contribution in [0.4, 0.5) is 0 Å². The van der Waals surface area contributed by atoms with Crippen molar-refractivity contribution < 1.29 is 4.74 Å². The third kappa shape index (κ3) is 2.38. The summed E-state index contributed by atoms with van der Waals surface area (Å²) in [6.45, 7) is 4.03. The molecule has 0 bridgehead atoms. The summed E-state index contributed by atoms with van der Waals surface area (Å²) in [6.07, 6.45) is 7.67. The fourth-order valence-corrected chi connectivity index (χ4v) is 1.63. The Morgan fingerprint density at radius 2 is 2.08 bits per heavy atom. The van der Waals surface area contributed by atoms with Gasteiger partial charge in [0.05, 0.1) is 12.8 Å². The Bertz CT molecular complexity index is 176. The van der Waals surface area contributed by atoms with E-state index in [1.807, 2.05) is 0 Å². The highest BCUT2D eigenvalue weighted by molar-refractivity contribution is 5.12. The Labute approximate surface area is 74.1 Å². The topological polar surface area (TPSA) is 35.2 Å². The Morgan fingerprint density at radius 3 is 2.58 bits per heavy atom. The summed E-state index contributed by atoms with van der Waals surface area (Å²) in [4.78, 5) is 0. The van der Waals surface area contributed by atoms with Crippen molar-refractivity contribution in [3.05, 3.63) is 24.2 Å². The molecule has 1 fully saturated rings. The van der Waals surface area contributed by atoms with Gasteiger partial charge >= 0.3 is 0 Å². The molecule has 0 heterocycles. The van der Waals surface area contributed by atoms with Crippen LogP contribution in [0.1, 0.15) is 32.1 Å². The van der Waals surface area contributed by atoms with Crippen LogP contribution >= 0.6 is 0 Å². The quantitative estimate of drug-likeness (QED) is 0.655. The predicted molar refractivity (Wildman–Crippen MR) is 50.4 cm³/mol. The SMILES string of the molecule is C=COC(CN)=C1CCCCC1. The van der Waals surface area contributed by atoms with Crippen LogP contribution in [0.2, 0.25) is 0 Å². The maximum atomic E-state index is 5.56. The fourth-order valence-electron chi connectivity index (χ4n) is 1.63. The van der Waals surface area contributed by atoms with Gasteiger partial charge in [-0.25, -0.2) is 0 Å². The van der Waals surface area contributed by atoms with Crippen LogP contribution in [0.3, 0.4) is 0 Å². The van der Waals surface area contributed by atoms with Crippen molar-refractivity contribution in [1.82, 2.24) is 0 Å². The summed E-state index contributed by atoms with van der Waals surface area (Å²) in [7, 11) is 0. The number of rotatable bonds is 3. The monoisotopic (exact) mass is 167 g/mol. The van der Waals surface area contributed by atoms with Gasteiger partial charge in [-0.3, -0.25) is 0 Å². The van der Waals surface area contributed by atoms with Crippen molar-refractivity contribution in [3.63, 3.8) is 0 Å². The molecule has 12 heavy (non-hydrogen) atoms. The van der Waals surface area contributed by atoms with Crippen molar-refractivity contribution in [1.29, 1.82) is 0 Å².